The highest BCUT2D eigenvalue weighted by molar-refractivity contribution is 5.94. The second-order valence-corrected chi connectivity index (χ2v) is 4.77. The van der Waals surface area contributed by atoms with Gasteiger partial charge in [-0.05, 0) is 25.1 Å². The molecule has 0 unspecified atom stereocenters. The number of hydrogen-bond acceptors (Lipinski definition) is 4. The maximum Gasteiger partial charge on any atom is 0.255 e. The highest BCUT2D eigenvalue weighted by atomic mass is 35.5. The van der Waals surface area contributed by atoms with Crippen molar-refractivity contribution in [2.24, 2.45) is 0 Å². The molecule has 1 aliphatic heterocycles. The Morgan fingerprint density at radius 3 is 2.73 bits per heavy atom. The third-order valence-electron chi connectivity index (χ3n) is 3.39. The number of carbonyl (C=O) groups is 1. The van der Waals surface area contributed by atoms with Gasteiger partial charge in [-0.3, -0.25) is 9.36 Å². The molecule has 3 heterocycles. The minimum Gasteiger partial charge on any atom is -0.337 e. The first kappa shape index (κ1) is 18.4. The highest BCUT2D eigenvalue weighted by Gasteiger charge is 2.17. The Kier molecular flexibility index (Phi) is 7.31. The van der Waals surface area contributed by atoms with Gasteiger partial charge in [-0.15, -0.1) is 24.8 Å². The number of nitrogens with one attached hydrogen (secondary N) is 1. The first-order valence-electron chi connectivity index (χ1n) is 6.79. The Labute approximate surface area is 141 Å². The van der Waals surface area contributed by atoms with E-state index in [0.717, 1.165) is 38.4 Å². The molecule has 1 amide bonds. The smallest absolute Gasteiger partial charge is 0.255 e. The molecule has 0 bridgehead atoms. The summed E-state index contributed by atoms with van der Waals surface area (Å²) in [4.78, 5) is 22.6. The number of hydrogen-bond donors (Lipinski definition) is 1. The molecule has 0 saturated carbocycles. The Hall–Kier alpha value is -1.63. The van der Waals surface area contributed by atoms with Crippen LogP contribution in [0.1, 0.15) is 16.8 Å². The average molecular weight is 344 g/mol. The molecule has 0 aliphatic carbocycles. The van der Waals surface area contributed by atoms with Crippen LogP contribution in [0.3, 0.4) is 0 Å². The lowest BCUT2D eigenvalue weighted by Crippen LogP contribution is -2.34. The Morgan fingerprint density at radius 1 is 1.18 bits per heavy atom. The molecule has 1 fully saturated rings. The van der Waals surface area contributed by atoms with Gasteiger partial charge in [-0.2, -0.15) is 0 Å². The van der Waals surface area contributed by atoms with E-state index in [4.69, 9.17) is 0 Å². The maximum atomic E-state index is 12.4. The van der Waals surface area contributed by atoms with Crippen molar-refractivity contribution in [1.29, 1.82) is 0 Å². The van der Waals surface area contributed by atoms with Crippen molar-refractivity contribution in [2.45, 2.75) is 6.42 Å². The molecule has 0 atom stereocenters. The van der Waals surface area contributed by atoms with Crippen LogP contribution in [0.2, 0.25) is 0 Å². The number of carbonyl (C=O) groups excluding carboxylic acids is 1. The summed E-state index contributed by atoms with van der Waals surface area (Å²) in [6.07, 6.45) is 7.84. The van der Waals surface area contributed by atoms with Crippen LogP contribution >= 0.6 is 24.8 Å². The molecule has 1 N–H and O–H groups in total. The summed E-state index contributed by atoms with van der Waals surface area (Å²) in [5.74, 6) is 0.815. The van der Waals surface area contributed by atoms with Gasteiger partial charge in [0.25, 0.3) is 5.91 Å². The van der Waals surface area contributed by atoms with Gasteiger partial charge in [0.15, 0.2) is 0 Å². The Morgan fingerprint density at radius 2 is 2.05 bits per heavy atom. The zero-order valence-electron chi connectivity index (χ0n) is 12.0. The molecule has 120 valence electrons. The Balaban J connectivity index is 0.00000121. The van der Waals surface area contributed by atoms with Gasteiger partial charge >= 0.3 is 0 Å². The molecule has 22 heavy (non-hydrogen) atoms. The molecular formula is C14H19Cl2N5O. The van der Waals surface area contributed by atoms with E-state index in [1.807, 2.05) is 27.8 Å². The summed E-state index contributed by atoms with van der Waals surface area (Å²) in [5, 5.41) is 3.29. The van der Waals surface area contributed by atoms with Crippen molar-refractivity contribution < 1.29 is 4.79 Å². The van der Waals surface area contributed by atoms with E-state index in [9.17, 15) is 4.79 Å². The number of pyridine rings is 1. The summed E-state index contributed by atoms with van der Waals surface area (Å²) >= 11 is 0. The van der Waals surface area contributed by atoms with Crippen molar-refractivity contribution in [1.82, 2.24) is 24.8 Å². The van der Waals surface area contributed by atoms with Crippen molar-refractivity contribution in [2.75, 3.05) is 26.2 Å². The van der Waals surface area contributed by atoms with E-state index < -0.39 is 0 Å². The SMILES string of the molecule is Cl.Cl.O=C(c1ccc(-n2ccnc2)nc1)N1CCCNCC1. The minimum atomic E-state index is 0. The summed E-state index contributed by atoms with van der Waals surface area (Å²) < 4.78 is 1.81. The number of nitrogens with zero attached hydrogens (tertiary/aromatic N) is 4. The van der Waals surface area contributed by atoms with E-state index in [0.29, 0.717) is 5.56 Å². The van der Waals surface area contributed by atoms with Gasteiger partial charge in [0, 0.05) is 38.2 Å². The monoisotopic (exact) mass is 343 g/mol. The molecule has 0 radical (unpaired) electrons. The molecule has 0 spiro atoms. The van der Waals surface area contributed by atoms with Crippen molar-refractivity contribution in [3.05, 3.63) is 42.6 Å². The minimum absolute atomic E-state index is 0. The largest absolute Gasteiger partial charge is 0.337 e. The third kappa shape index (κ3) is 4.19. The van der Waals surface area contributed by atoms with E-state index in [2.05, 4.69) is 15.3 Å². The van der Waals surface area contributed by atoms with Gasteiger partial charge in [-0.1, -0.05) is 0 Å². The van der Waals surface area contributed by atoms with Crippen LogP contribution in [0.25, 0.3) is 5.82 Å². The fourth-order valence-electron chi connectivity index (χ4n) is 2.29. The highest BCUT2D eigenvalue weighted by Crippen LogP contribution is 2.09. The number of halogens is 2. The van der Waals surface area contributed by atoms with Crippen LogP contribution in [0.5, 0.6) is 0 Å². The van der Waals surface area contributed by atoms with Crippen molar-refractivity contribution in [3.63, 3.8) is 0 Å². The predicted molar refractivity (Wildman–Crippen MR) is 89.2 cm³/mol. The molecule has 2 aromatic rings. The first-order valence-corrected chi connectivity index (χ1v) is 6.79. The van der Waals surface area contributed by atoms with Crippen LogP contribution in [0.4, 0.5) is 0 Å². The summed E-state index contributed by atoms with van der Waals surface area (Å²) in [5.41, 5.74) is 0.635. The molecule has 3 rings (SSSR count). The van der Waals surface area contributed by atoms with Gasteiger partial charge in [0.05, 0.1) is 5.56 Å². The van der Waals surface area contributed by atoms with Crippen LogP contribution in [0.15, 0.2) is 37.1 Å². The average Bonchev–Trinajstić information content (AvgIpc) is 2.89. The summed E-state index contributed by atoms with van der Waals surface area (Å²) in [7, 11) is 0. The predicted octanol–water partition coefficient (Wildman–Crippen LogP) is 1.55. The van der Waals surface area contributed by atoms with Gasteiger partial charge in [0.1, 0.15) is 12.1 Å². The van der Waals surface area contributed by atoms with Gasteiger partial charge < -0.3 is 10.2 Å². The normalized spacial score (nSPS) is 14.5. The fraction of sp³-hybridized carbons (Fsp3) is 0.357. The topological polar surface area (TPSA) is 63.1 Å². The maximum absolute atomic E-state index is 12.4. The quantitative estimate of drug-likeness (QED) is 0.898. The zero-order valence-corrected chi connectivity index (χ0v) is 13.6. The van der Waals surface area contributed by atoms with Crippen molar-refractivity contribution >= 4 is 30.7 Å². The first-order chi connectivity index (χ1) is 9.84. The van der Waals surface area contributed by atoms with E-state index in [-0.39, 0.29) is 30.7 Å². The second kappa shape index (κ2) is 8.73. The Bertz CT molecular complexity index is 565. The standard InChI is InChI=1S/C14H17N5O.2ClH/c20-14(18-7-1-4-15-5-8-18)12-2-3-13(17-10-12)19-9-6-16-11-19;;/h2-3,6,9-11,15H,1,4-5,7-8H2;2*1H. The molecule has 1 saturated heterocycles. The molecule has 8 heteroatoms. The zero-order chi connectivity index (χ0) is 13.8. The van der Waals surface area contributed by atoms with Crippen LogP contribution in [0, 0.1) is 0 Å². The third-order valence-corrected chi connectivity index (χ3v) is 3.39. The van der Waals surface area contributed by atoms with E-state index >= 15 is 0 Å². The second-order valence-electron chi connectivity index (χ2n) is 4.77. The lowest BCUT2D eigenvalue weighted by Gasteiger charge is -2.19. The number of aromatic nitrogens is 3. The fourth-order valence-corrected chi connectivity index (χ4v) is 2.29. The number of imidazole rings is 1. The van der Waals surface area contributed by atoms with Crippen molar-refractivity contribution in [3.8, 4) is 5.82 Å². The summed E-state index contributed by atoms with van der Waals surface area (Å²) in [6, 6.07) is 3.66. The molecule has 6 nitrogen and oxygen atoms in total. The van der Waals surface area contributed by atoms with Crippen LogP contribution < -0.4 is 5.32 Å². The molecule has 2 aromatic heterocycles. The van der Waals surface area contributed by atoms with E-state index in [1.165, 1.54) is 0 Å². The van der Waals surface area contributed by atoms with Crippen LogP contribution in [-0.2, 0) is 0 Å². The number of rotatable bonds is 2. The number of amides is 1. The molecule has 0 aromatic carbocycles. The lowest BCUT2D eigenvalue weighted by atomic mass is 10.2. The lowest BCUT2D eigenvalue weighted by molar-refractivity contribution is 0.0766. The molecular weight excluding hydrogens is 325 g/mol. The van der Waals surface area contributed by atoms with Crippen LogP contribution in [-0.4, -0.2) is 51.5 Å². The van der Waals surface area contributed by atoms with Gasteiger partial charge in [0.2, 0.25) is 0 Å². The van der Waals surface area contributed by atoms with Gasteiger partial charge in [-0.25, -0.2) is 9.97 Å². The van der Waals surface area contributed by atoms with E-state index in [1.54, 1.807) is 18.7 Å². The summed E-state index contributed by atoms with van der Waals surface area (Å²) in [6.45, 7) is 3.38. The molecule has 1 aliphatic rings.